The Balaban J connectivity index is 2.52. The molecule has 2 unspecified atom stereocenters. The van der Waals surface area contributed by atoms with Crippen LogP contribution in [0.4, 0.5) is 0 Å². The normalized spacial score (nSPS) is 25.8. The third kappa shape index (κ3) is 2.69. The zero-order valence-corrected chi connectivity index (χ0v) is 8.55. The molecule has 1 saturated heterocycles. The molecule has 0 spiro atoms. The highest BCUT2D eigenvalue weighted by molar-refractivity contribution is 5.76. The first-order chi connectivity index (χ1) is 6.15. The van der Waals surface area contributed by atoms with Crippen molar-refractivity contribution in [2.45, 2.75) is 26.7 Å². The Hall–Kier alpha value is -0.570. The second-order valence-corrected chi connectivity index (χ2v) is 4.25. The average Bonchev–Trinajstić information content (AvgIpc) is 2.04. The molecule has 13 heavy (non-hydrogen) atoms. The summed E-state index contributed by atoms with van der Waals surface area (Å²) in [6.45, 7) is 5.90. The van der Waals surface area contributed by atoms with Crippen LogP contribution in [0.25, 0.3) is 0 Å². The lowest BCUT2D eigenvalue weighted by atomic mass is 9.78. The molecule has 1 aliphatic rings. The fourth-order valence-corrected chi connectivity index (χ4v) is 2.18. The molecular weight excluding hydrogens is 164 g/mol. The van der Waals surface area contributed by atoms with Crippen molar-refractivity contribution in [1.29, 1.82) is 0 Å². The molecular formula is C10H20N2O. The number of amides is 1. The minimum absolute atomic E-state index is 0.190. The number of hydrogen-bond donors (Lipinski definition) is 2. The van der Waals surface area contributed by atoms with Crippen molar-refractivity contribution < 1.29 is 4.79 Å². The van der Waals surface area contributed by atoms with Gasteiger partial charge in [0.2, 0.25) is 5.91 Å². The number of hydrogen-bond acceptors (Lipinski definition) is 2. The molecule has 76 valence electrons. The van der Waals surface area contributed by atoms with Crippen molar-refractivity contribution in [2.75, 3.05) is 13.1 Å². The predicted octanol–water partition coefficient (Wildman–Crippen LogP) is 0.743. The maximum atomic E-state index is 11.2. The highest BCUT2D eigenvalue weighted by Gasteiger charge is 2.27. The lowest BCUT2D eigenvalue weighted by Crippen LogP contribution is -2.39. The van der Waals surface area contributed by atoms with E-state index in [2.05, 4.69) is 19.2 Å². The first-order valence-electron chi connectivity index (χ1n) is 5.12. The van der Waals surface area contributed by atoms with Crippen molar-refractivity contribution in [3.05, 3.63) is 0 Å². The molecule has 0 aromatic carbocycles. The summed E-state index contributed by atoms with van der Waals surface area (Å²) in [4.78, 5) is 11.2. The Morgan fingerprint density at radius 2 is 2.31 bits per heavy atom. The summed E-state index contributed by atoms with van der Waals surface area (Å²) in [6, 6.07) is 0. The van der Waals surface area contributed by atoms with E-state index in [-0.39, 0.29) is 5.91 Å². The molecule has 1 rings (SSSR count). The van der Waals surface area contributed by atoms with Crippen LogP contribution in [0.2, 0.25) is 0 Å². The van der Waals surface area contributed by atoms with Gasteiger partial charge in [-0.3, -0.25) is 4.79 Å². The maximum Gasteiger partial charge on any atom is 0.220 e. The molecule has 0 bridgehead atoms. The lowest BCUT2D eigenvalue weighted by molar-refractivity contribution is -0.124. The fraction of sp³-hybridized carbons (Fsp3) is 0.900. The molecule has 0 aromatic heterocycles. The molecule has 1 heterocycles. The Kier molecular flexibility index (Phi) is 3.72. The second-order valence-electron chi connectivity index (χ2n) is 4.25. The van der Waals surface area contributed by atoms with Gasteiger partial charge in [0.1, 0.15) is 0 Å². The highest BCUT2D eigenvalue weighted by Crippen LogP contribution is 2.27. The van der Waals surface area contributed by atoms with Crippen LogP contribution in [-0.4, -0.2) is 19.0 Å². The van der Waals surface area contributed by atoms with Crippen LogP contribution in [0, 0.1) is 17.8 Å². The number of piperidine rings is 1. The summed E-state index contributed by atoms with van der Waals surface area (Å²) in [7, 11) is 0. The van der Waals surface area contributed by atoms with Crippen molar-refractivity contribution in [3.8, 4) is 0 Å². The monoisotopic (exact) mass is 184 g/mol. The van der Waals surface area contributed by atoms with Gasteiger partial charge in [-0.1, -0.05) is 13.8 Å². The Morgan fingerprint density at radius 1 is 1.62 bits per heavy atom. The van der Waals surface area contributed by atoms with Gasteiger partial charge in [-0.05, 0) is 30.7 Å². The summed E-state index contributed by atoms with van der Waals surface area (Å²) < 4.78 is 0. The topological polar surface area (TPSA) is 55.1 Å². The number of carbonyl (C=O) groups is 1. The molecule has 3 nitrogen and oxygen atoms in total. The van der Waals surface area contributed by atoms with Gasteiger partial charge >= 0.3 is 0 Å². The van der Waals surface area contributed by atoms with E-state index in [0.29, 0.717) is 30.7 Å². The standard InChI is InChI=1S/C10H20N2O/c1-7(2)9(6-11)8-3-4-12-10(13)5-8/h7-9H,3-6,11H2,1-2H3,(H,12,13). The summed E-state index contributed by atoms with van der Waals surface area (Å²) >= 11 is 0. The summed E-state index contributed by atoms with van der Waals surface area (Å²) in [5.41, 5.74) is 5.72. The Labute approximate surface area is 80.1 Å². The minimum Gasteiger partial charge on any atom is -0.356 e. The number of carbonyl (C=O) groups excluding carboxylic acids is 1. The van der Waals surface area contributed by atoms with Crippen LogP contribution in [0.5, 0.6) is 0 Å². The first-order valence-corrected chi connectivity index (χ1v) is 5.12. The van der Waals surface area contributed by atoms with Crippen LogP contribution in [0.3, 0.4) is 0 Å². The molecule has 1 aliphatic heterocycles. The van der Waals surface area contributed by atoms with Crippen LogP contribution in [-0.2, 0) is 4.79 Å². The van der Waals surface area contributed by atoms with E-state index in [0.717, 1.165) is 13.0 Å². The molecule has 0 aromatic rings. The third-order valence-electron chi connectivity index (χ3n) is 3.02. The summed E-state index contributed by atoms with van der Waals surface area (Å²) in [5, 5.41) is 2.85. The van der Waals surface area contributed by atoms with Gasteiger partial charge in [0.05, 0.1) is 0 Å². The highest BCUT2D eigenvalue weighted by atomic mass is 16.1. The molecule has 1 amide bonds. The van der Waals surface area contributed by atoms with Crippen molar-refractivity contribution in [3.63, 3.8) is 0 Å². The smallest absolute Gasteiger partial charge is 0.220 e. The Bertz CT molecular complexity index is 180. The van der Waals surface area contributed by atoms with Crippen LogP contribution >= 0.6 is 0 Å². The fourth-order valence-electron chi connectivity index (χ4n) is 2.18. The van der Waals surface area contributed by atoms with Gasteiger partial charge < -0.3 is 11.1 Å². The van der Waals surface area contributed by atoms with Gasteiger partial charge in [-0.15, -0.1) is 0 Å². The van der Waals surface area contributed by atoms with E-state index in [9.17, 15) is 4.79 Å². The van der Waals surface area contributed by atoms with Gasteiger partial charge in [-0.25, -0.2) is 0 Å². The van der Waals surface area contributed by atoms with Gasteiger partial charge in [0, 0.05) is 13.0 Å². The van der Waals surface area contributed by atoms with E-state index >= 15 is 0 Å². The third-order valence-corrected chi connectivity index (χ3v) is 3.02. The number of rotatable bonds is 3. The zero-order chi connectivity index (χ0) is 9.84. The molecule has 0 aliphatic carbocycles. The van der Waals surface area contributed by atoms with Gasteiger partial charge in [-0.2, -0.15) is 0 Å². The molecule has 0 radical (unpaired) electrons. The minimum atomic E-state index is 0.190. The van der Waals surface area contributed by atoms with Crippen LogP contribution in [0.1, 0.15) is 26.7 Å². The predicted molar refractivity (Wildman–Crippen MR) is 53.1 cm³/mol. The lowest BCUT2D eigenvalue weighted by Gasteiger charge is -2.31. The number of nitrogens with one attached hydrogen (secondary N) is 1. The van der Waals surface area contributed by atoms with Gasteiger partial charge in [0.15, 0.2) is 0 Å². The van der Waals surface area contributed by atoms with E-state index in [1.54, 1.807) is 0 Å². The average molecular weight is 184 g/mol. The molecule has 1 fully saturated rings. The molecule has 3 N–H and O–H groups in total. The van der Waals surface area contributed by atoms with Crippen molar-refractivity contribution in [2.24, 2.45) is 23.5 Å². The van der Waals surface area contributed by atoms with E-state index < -0.39 is 0 Å². The maximum absolute atomic E-state index is 11.2. The zero-order valence-electron chi connectivity index (χ0n) is 8.55. The van der Waals surface area contributed by atoms with E-state index in [1.165, 1.54) is 0 Å². The Morgan fingerprint density at radius 3 is 2.77 bits per heavy atom. The largest absolute Gasteiger partial charge is 0.356 e. The quantitative estimate of drug-likeness (QED) is 0.680. The number of nitrogens with two attached hydrogens (primary N) is 1. The second kappa shape index (κ2) is 4.61. The van der Waals surface area contributed by atoms with Crippen LogP contribution in [0.15, 0.2) is 0 Å². The molecule has 0 saturated carbocycles. The first kappa shape index (κ1) is 10.5. The molecule has 3 heteroatoms. The van der Waals surface area contributed by atoms with Gasteiger partial charge in [0.25, 0.3) is 0 Å². The van der Waals surface area contributed by atoms with Crippen molar-refractivity contribution >= 4 is 5.91 Å². The van der Waals surface area contributed by atoms with E-state index in [4.69, 9.17) is 5.73 Å². The van der Waals surface area contributed by atoms with Crippen LogP contribution < -0.4 is 11.1 Å². The SMILES string of the molecule is CC(C)C(CN)C1CCNC(=O)C1. The molecule has 2 atom stereocenters. The summed E-state index contributed by atoms with van der Waals surface area (Å²) in [6.07, 6.45) is 1.76. The summed E-state index contributed by atoms with van der Waals surface area (Å²) in [5.74, 6) is 1.78. The van der Waals surface area contributed by atoms with E-state index in [1.807, 2.05) is 0 Å². The van der Waals surface area contributed by atoms with Crippen molar-refractivity contribution in [1.82, 2.24) is 5.32 Å².